The highest BCUT2D eigenvalue weighted by atomic mass is 32.1. The molecule has 0 amide bonds. The van der Waals surface area contributed by atoms with E-state index >= 15 is 0 Å². The van der Waals surface area contributed by atoms with Crippen LogP contribution in [0.15, 0.2) is 182 Å². The van der Waals surface area contributed by atoms with Gasteiger partial charge in [0.05, 0.1) is 22.4 Å². The van der Waals surface area contributed by atoms with Gasteiger partial charge >= 0.3 is 0 Å². The molecule has 0 saturated carbocycles. The largest absolute Gasteiger partial charge is 0.278 e. The lowest BCUT2D eigenvalue weighted by molar-refractivity contribution is 0.954. The zero-order valence-corrected chi connectivity index (χ0v) is 30.7. The van der Waals surface area contributed by atoms with Crippen LogP contribution in [0.2, 0.25) is 0 Å². The molecule has 56 heavy (non-hydrogen) atoms. The lowest BCUT2D eigenvalue weighted by atomic mass is 10.0. The van der Waals surface area contributed by atoms with Crippen LogP contribution in [0.1, 0.15) is 0 Å². The van der Waals surface area contributed by atoms with E-state index in [2.05, 4.69) is 120 Å². The van der Waals surface area contributed by atoms with Gasteiger partial charge in [0.1, 0.15) is 0 Å². The molecular weight excluding hydrogens is 705 g/mol. The lowest BCUT2D eigenvalue weighted by Gasteiger charge is -2.11. The lowest BCUT2D eigenvalue weighted by Crippen LogP contribution is -2.06. The Morgan fingerprint density at radius 2 is 0.875 bits per heavy atom. The topological polar surface area (TPSA) is 69.4 Å². The fraction of sp³-hybridized carbons (Fsp3) is 0. The number of para-hydroxylation sites is 2. The van der Waals surface area contributed by atoms with E-state index in [1.165, 1.54) is 0 Å². The third-order valence-corrected chi connectivity index (χ3v) is 11.5. The standard InChI is InChI=1S/C49H30N6S/c1-4-16-31(17-5-1)39-30-40(32-18-6-2-7-19-32)51-47(50-39)37-25-15-29-43-44(37)36-24-14-26-38(45(36)56-43)48-52-46(33-20-8-3-9-21-33)53-49(54-48)55-41-27-12-10-22-34(41)35-23-11-13-28-42(35)55/h1-30H. The van der Waals surface area contributed by atoms with Gasteiger partial charge in [-0.1, -0.05) is 152 Å². The molecule has 4 heterocycles. The SMILES string of the molecule is c1ccc(-c2cc(-c3ccccc3)nc(-c3cccc4sc5c(-c6nc(-c7ccccc7)nc(-n7c8ccccc8c8ccccc87)n6)cccc5c34)n2)cc1. The Labute approximate surface area is 326 Å². The summed E-state index contributed by atoms with van der Waals surface area (Å²) in [7, 11) is 0. The molecule has 0 saturated heterocycles. The fourth-order valence-electron chi connectivity index (χ4n) is 7.73. The maximum Gasteiger partial charge on any atom is 0.238 e. The number of benzene rings is 7. The zero-order valence-electron chi connectivity index (χ0n) is 29.9. The third kappa shape index (κ3) is 5.36. The van der Waals surface area contributed by atoms with Crippen molar-refractivity contribution in [2.45, 2.75) is 0 Å². The summed E-state index contributed by atoms with van der Waals surface area (Å²) in [6.07, 6.45) is 0. The summed E-state index contributed by atoms with van der Waals surface area (Å²) < 4.78 is 4.39. The van der Waals surface area contributed by atoms with Crippen LogP contribution >= 0.6 is 11.3 Å². The molecule has 6 nitrogen and oxygen atoms in total. The van der Waals surface area contributed by atoms with Crippen molar-refractivity contribution in [3.8, 4) is 62.6 Å². The smallest absolute Gasteiger partial charge is 0.238 e. The van der Waals surface area contributed by atoms with Gasteiger partial charge in [-0.15, -0.1) is 11.3 Å². The Morgan fingerprint density at radius 1 is 0.375 bits per heavy atom. The van der Waals surface area contributed by atoms with Crippen molar-refractivity contribution >= 4 is 53.3 Å². The Balaban J connectivity index is 1.15. The summed E-state index contributed by atoms with van der Waals surface area (Å²) in [5.41, 5.74) is 8.78. The zero-order chi connectivity index (χ0) is 37.0. The molecule has 0 aliphatic rings. The molecule has 0 radical (unpaired) electrons. The van der Waals surface area contributed by atoms with Gasteiger partial charge in [0.25, 0.3) is 0 Å². The maximum absolute atomic E-state index is 5.29. The van der Waals surface area contributed by atoms with E-state index in [0.29, 0.717) is 23.4 Å². The summed E-state index contributed by atoms with van der Waals surface area (Å²) in [6.45, 7) is 0. The number of aromatic nitrogens is 6. The van der Waals surface area contributed by atoms with Gasteiger partial charge in [-0.3, -0.25) is 4.57 Å². The summed E-state index contributed by atoms with van der Waals surface area (Å²) in [6, 6.07) is 62.6. The van der Waals surface area contributed by atoms with Gasteiger partial charge in [0.15, 0.2) is 17.5 Å². The second kappa shape index (κ2) is 13.2. The average Bonchev–Trinajstić information content (AvgIpc) is 3.83. The van der Waals surface area contributed by atoms with E-state index < -0.39 is 0 Å². The second-order valence-corrected chi connectivity index (χ2v) is 14.7. The van der Waals surface area contributed by atoms with Crippen molar-refractivity contribution < 1.29 is 0 Å². The van der Waals surface area contributed by atoms with Crippen molar-refractivity contribution in [3.63, 3.8) is 0 Å². The Hall–Kier alpha value is -7.35. The van der Waals surface area contributed by atoms with Crippen molar-refractivity contribution in [2.24, 2.45) is 0 Å². The first-order valence-corrected chi connectivity index (χ1v) is 19.3. The van der Waals surface area contributed by atoms with Gasteiger partial charge < -0.3 is 0 Å². The second-order valence-electron chi connectivity index (χ2n) is 13.7. The minimum Gasteiger partial charge on any atom is -0.278 e. The molecule has 0 aliphatic carbocycles. The van der Waals surface area contributed by atoms with E-state index in [0.717, 1.165) is 81.2 Å². The highest BCUT2D eigenvalue weighted by Crippen LogP contribution is 2.44. The van der Waals surface area contributed by atoms with Crippen molar-refractivity contribution in [2.75, 3.05) is 0 Å². The molecule has 11 rings (SSSR count). The van der Waals surface area contributed by atoms with Crippen LogP contribution < -0.4 is 0 Å². The Bertz CT molecular complexity index is 3140. The Morgan fingerprint density at radius 3 is 1.52 bits per heavy atom. The normalized spacial score (nSPS) is 11.6. The number of nitrogens with zero attached hydrogens (tertiary/aromatic N) is 6. The molecule has 0 aliphatic heterocycles. The molecule has 4 aromatic heterocycles. The number of hydrogen-bond donors (Lipinski definition) is 0. The number of rotatable bonds is 6. The quantitative estimate of drug-likeness (QED) is 0.170. The first-order chi connectivity index (χ1) is 27.8. The fourth-order valence-corrected chi connectivity index (χ4v) is 8.97. The van der Waals surface area contributed by atoms with Gasteiger partial charge in [-0.25, -0.2) is 15.0 Å². The number of hydrogen-bond acceptors (Lipinski definition) is 6. The van der Waals surface area contributed by atoms with Crippen LogP contribution in [-0.2, 0) is 0 Å². The summed E-state index contributed by atoms with van der Waals surface area (Å²) >= 11 is 1.74. The molecule has 0 fully saturated rings. The molecule has 7 heteroatoms. The maximum atomic E-state index is 5.29. The van der Waals surface area contributed by atoms with Gasteiger partial charge in [0.2, 0.25) is 5.95 Å². The summed E-state index contributed by atoms with van der Waals surface area (Å²) in [5.74, 6) is 2.49. The molecule has 11 aromatic rings. The molecule has 0 spiro atoms. The van der Waals surface area contributed by atoms with E-state index in [9.17, 15) is 0 Å². The minimum absolute atomic E-state index is 0.574. The highest BCUT2D eigenvalue weighted by molar-refractivity contribution is 7.26. The Kier molecular flexibility index (Phi) is 7.57. The van der Waals surface area contributed by atoms with Crippen molar-refractivity contribution in [3.05, 3.63) is 182 Å². The predicted molar refractivity (Wildman–Crippen MR) is 230 cm³/mol. The molecule has 262 valence electrons. The third-order valence-electron chi connectivity index (χ3n) is 10.3. The van der Waals surface area contributed by atoms with E-state index in [4.69, 9.17) is 24.9 Å². The van der Waals surface area contributed by atoms with E-state index in [-0.39, 0.29) is 0 Å². The van der Waals surface area contributed by atoms with E-state index in [1.54, 1.807) is 11.3 Å². The molecule has 0 bridgehead atoms. The van der Waals surface area contributed by atoms with Gasteiger partial charge in [-0.2, -0.15) is 9.97 Å². The minimum atomic E-state index is 0.574. The predicted octanol–water partition coefficient (Wildman–Crippen LogP) is 12.5. The highest BCUT2D eigenvalue weighted by Gasteiger charge is 2.21. The van der Waals surface area contributed by atoms with Crippen LogP contribution in [0.3, 0.4) is 0 Å². The monoisotopic (exact) mass is 734 g/mol. The van der Waals surface area contributed by atoms with Crippen LogP contribution in [0.5, 0.6) is 0 Å². The number of fused-ring (bicyclic) bond motifs is 6. The van der Waals surface area contributed by atoms with Crippen molar-refractivity contribution in [1.82, 2.24) is 29.5 Å². The molecule has 0 unspecified atom stereocenters. The summed E-state index contributed by atoms with van der Waals surface area (Å²) in [4.78, 5) is 26.0. The summed E-state index contributed by atoms with van der Waals surface area (Å²) in [5, 5.41) is 4.52. The van der Waals surface area contributed by atoms with Crippen LogP contribution in [-0.4, -0.2) is 29.5 Å². The molecular formula is C49H30N6S. The average molecular weight is 735 g/mol. The first-order valence-electron chi connectivity index (χ1n) is 18.5. The molecule has 0 N–H and O–H groups in total. The van der Waals surface area contributed by atoms with Crippen molar-refractivity contribution in [1.29, 1.82) is 0 Å². The van der Waals surface area contributed by atoms with Crippen LogP contribution in [0.25, 0.3) is 105 Å². The van der Waals surface area contributed by atoms with Gasteiger partial charge in [-0.05, 0) is 30.3 Å². The van der Waals surface area contributed by atoms with Crippen LogP contribution in [0.4, 0.5) is 0 Å². The molecule has 0 atom stereocenters. The van der Waals surface area contributed by atoms with Crippen LogP contribution in [0, 0.1) is 0 Å². The van der Waals surface area contributed by atoms with E-state index in [1.807, 2.05) is 66.7 Å². The first kappa shape index (κ1) is 32.1. The molecule has 7 aromatic carbocycles. The van der Waals surface area contributed by atoms with Gasteiger partial charge in [0, 0.05) is 58.8 Å². The number of thiophene rings is 1.